The van der Waals surface area contributed by atoms with Gasteiger partial charge in [-0.05, 0) is 29.8 Å². The second-order valence-electron chi connectivity index (χ2n) is 3.92. The van der Waals surface area contributed by atoms with E-state index >= 15 is 0 Å². The molecule has 0 saturated heterocycles. The molecule has 0 unspecified atom stereocenters. The van der Waals surface area contributed by atoms with Gasteiger partial charge in [0, 0.05) is 26.0 Å². The number of nitrogens with zero attached hydrogens (tertiary/aromatic N) is 2. The zero-order valence-corrected chi connectivity index (χ0v) is 10.7. The first-order chi connectivity index (χ1) is 8.70. The van der Waals surface area contributed by atoms with Gasteiger partial charge in [-0.25, -0.2) is 0 Å². The predicted octanol–water partition coefficient (Wildman–Crippen LogP) is 2.69. The number of hydrogen-bond acceptors (Lipinski definition) is 3. The van der Waals surface area contributed by atoms with Gasteiger partial charge in [0.25, 0.3) is 5.91 Å². The van der Waals surface area contributed by atoms with Crippen molar-refractivity contribution < 1.29 is 9.21 Å². The van der Waals surface area contributed by atoms with Gasteiger partial charge in [0.2, 0.25) is 0 Å². The number of furan rings is 1. The van der Waals surface area contributed by atoms with E-state index in [2.05, 4.69) is 4.98 Å². The van der Waals surface area contributed by atoms with Gasteiger partial charge in [0.05, 0.1) is 5.88 Å². The van der Waals surface area contributed by atoms with Crippen molar-refractivity contribution in [2.75, 3.05) is 7.05 Å². The van der Waals surface area contributed by atoms with E-state index in [0.29, 0.717) is 18.1 Å². The van der Waals surface area contributed by atoms with Gasteiger partial charge in [-0.3, -0.25) is 9.78 Å². The Labute approximate surface area is 110 Å². The van der Waals surface area contributed by atoms with Gasteiger partial charge in [-0.1, -0.05) is 0 Å². The molecule has 0 saturated carbocycles. The summed E-state index contributed by atoms with van der Waals surface area (Å²) in [6.45, 7) is 0.512. The van der Waals surface area contributed by atoms with Crippen molar-refractivity contribution >= 4 is 17.5 Å². The molecule has 94 valence electrons. The number of rotatable bonds is 4. The number of carbonyl (C=O) groups excluding carboxylic acids is 1. The molecule has 0 aliphatic rings. The van der Waals surface area contributed by atoms with E-state index < -0.39 is 0 Å². The van der Waals surface area contributed by atoms with E-state index in [4.69, 9.17) is 16.0 Å². The minimum atomic E-state index is -0.164. The normalized spacial score (nSPS) is 10.3. The maximum Gasteiger partial charge on any atom is 0.289 e. The van der Waals surface area contributed by atoms with Gasteiger partial charge in [-0.2, -0.15) is 0 Å². The number of alkyl halides is 1. The minimum absolute atomic E-state index is 0.164. The zero-order chi connectivity index (χ0) is 13.0. The molecule has 0 bridgehead atoms. The number of pyridine rings is 1. The number of amides is 1. The lowest BCUT2D eigenvalue weighted by atomic mass is 10.2. The Bertz CT molecular complexity index is 525. The van der Waals surface area contributed by atoms with Crippen molar-refractivity contribution in [1.82, 2.24) is 9.88 Å². The van der Waals surface area contributed by atoms with Crippen LogP contribution in [0.4, 0.5) is 0 Å². The van der Waals surface area contributed by atoms with Gasteiger partial charge in [-0.15, -0.1) is 11.6 Å². The minimum Gasteiger partial charge on any atom is -0.455 e. The van der Waals surface area contributed by atoms with Crippen LogP contribution in [-0.4, -0.2) is 22.8 Å². The fraction of sp³-hybridized carbons (Fsp3) is 0.231. The summed E-state index contributed by atoms with van der Waals surface area (Å²) in [6.07, 6.45) is 3.40. The molecule has 2 heterocycles. The average Bonchev–Trinajstić information content (AvgIpc) is 2.87. The lowest BCUT2D eigenvalue weighted by molar-refractivity contribution is 0.0752. The Morgan fingerprint density at radius 3 is 2.67 bits per heavy atom. The highest BCUT2D eigenvalue weighted by Crippen LogP contribution is 2.13. The number of aromatic nitrogens is 1. The topological polar surface area (TPSA) is 46.3 Å². The van der Waals surface area contributed by atoms with Crippen LogP contribution in [0.5, 0.6) is 0 Å². The van der Waals surface area contributed by atoms with Crippen molar-refractivity contribution in [3.63, 3.8) is 0 Å². The van der Waals surface area contributed by atoms with E-state index in [1.807, 2.05) is 12.1 Å². The Balaban J connectivity index is 2.05. The summed E-state index contributed by atoms with van der Waals surface area (Å²) in [5.74, 6) is 1.00. The summed E-state index contributed by atoms with van der Waals surface area (Å²) in [5.41, 5.74) is 1.02. The summed E-state index contributed by atoms with van der Waals surface area (Å²) in [4.78, 5) is 17.6. The quantitative estimate of drug-likeness (QED) is 0.798. The summed E-state index contributed by atoms with van der Waals surface area (Å²) in [7, 11) is 1.73. The molecule has 0 aromatic carbocycles. The number of halogens is 1. The molecule has 2 rings (SSSR count). The van der Waals surface area contributed by atoms with Crippen LogP contribution >= 0.6 is 11.6 Å². The monoisotopic (exact) mass is 264 g/mol. The van der Waals surface area contributed by atoms with E-state index in [1.165, 1.54) is 0 Å². The molecule has 0 spiro atoms. The zero-order valence-electron chi connectivity index (χ0n) is 9.97. The summed E-state index contributed by atoms with van der Waals surface area (Å²) >= 11 is 5.63. The van der Waals surface area contributed by atoms with Gasteiger partial charge >= 0.3 is 0 Å². The third-order valence-corrected chi connectivity index (χ3v) is 2.78. The molecular weight excluding hydrogens is 252 g/mol. The predicted molar refractivity (Wildman–Crippen MR) is 68.3 cm³/mol. The molecule has 0 atom stereocenters. The SMILES string of the molecule is CN(Cc1ccncc1)C(=O)c1ccc(CCl)o1. The highest BCUT2D eigenvalue weighted by molar-refractivity contribution is 6.16. The molecule has 1 amide bonds. The molecule has 2 aromatic heterocycles. The summed E-state index contributed by atoms with van der Waals surface area (Å²) in [5, 5.41) is 0. The molecule has 4 nitrogen and oxygen atoms in total. The van der Waals surface area contributed by atoms with E-state index in [1.54, 1.807) is 36.5 Å². The molecule has 2 aromatic rings. The second kappa shape index (κ2) is 5.69. The van der Waals surface area contributed by atoms with Crippen LogP contribution in [0.15, 0.2) is 41.1 Å². The summed E-state index contributed by atoms with van der Waals surface area (Å²) in [6, 6.07) is 7.09. The Morgan fingerprint density at radius 1 is 1.33 bits per heavy atom. The third kappa shape index (κ3) is 2.90. The van der Waals surface area contributed by atoms with Crippen LogP contribution in [0, 0.1) is 0 Å². The summed E-state index contributed by atoms with van der Waals surface area (Å²) < 4.78 is 5.32. The molecule has 0 aliphatic carbocycles. The van der Waals surface area contributed by atoms with Crippen LogP contribution in [-0.2, 0) is 12.4 Å². The van der Waals surface area contributed by atoms with Crippen molar-refractivity contribution in [1.29, 1.82) is 0 Å². The molecule has 0 N–H and O–H groups in total. The van der Waals surface area contributed by atoms with Crippen LogP contribution < -0.4 is 0 Å². The number of carbonyl (C=O) groups is 1. The molecule has 0 fully saturated rings. The maximum atomic E-state index is 12.1. The largest absolute Gasteiger partial charge is 0.455 e. The first-order valence-electron chi connectivity index (χ1n) is 5.49. The third-order valence-electron chi connectivity index (χ3n) is 2.52. The average molecular weight is 265 g/mol. The van der Waals surface area contributed by atoms with Crippen LogP contribution in [0.25, 0.3) is 0 Å². The number of hydrogen-bond donors (Lipinski definition) is 0. The first-order valence-corrected chi connectivity index (χ1v) is 6.03. The van der Waals surface area contributed by atoms with E-state index in [-0.39, 0.29) is 11.8 Å². The van der Waals surface area contributed by atoms with E-state index in [9.17, 15) is 4.79 Å². The first kappa shape index (κ1) is 12.6. The lowest BCUT2D eigenvalue weighted by Gasteiger charge is -2.15. The fourth-order valence-corrected chi connectivity index (χ4v) is 1.73. The highest BCUT2D eigenvalue weighted by atomic mass is 35.5. The maximum absolute atomic E-state index is 12.1. The standard InChI is InChI=1S/C13H13ClN2O2/c1-16(9-10-4-6-15-7-5-10)13(17)12-3-2-11(8-14)18-12/h2-7H,8-9H2,1H3. The van der Waals surface area contributed by atoms with Gasteiger partial charge in [0.15, 0.2) is 5.76 Å². The van der Waals surface area contributed by atoms with Gasteiger partial charge < -0.3 is 9.32 Å². The Morgan fingerprint density at radius 2 is 2.06 bits per heavy atom. The van der Waals surface area contributed by atoms with Crippen molar-refractivity contribution in [3.05, 3.63) is 53.7 Å². The fourth-order valence-electron chi connectivity index (χ4n) is 1.59. The smallest absolute Gasteiger partial charge is 0.289 e. The molecule has 18 heavy (non-hydrogen) atoms. The molecule has 0 radical (unpaired) electrons. The van der Waals surface area contributed by atoms with Crippen molar-refractivity contribution in [3.8, 4) is 0 Å². The highest BCUT2D eigenvalue weighted by Gasteiger charge is 2.15. The lowest BCUT2D eigenvalue weighted by Crippen LogP contribution is -2.25. The molecular formula is C13H13ClN2O2. The molecule has 5 heteroatoms. The Kier molecular flexibility index (Phi) is 3.99. The van der Waals surface area contributed by atoms with Crippen LogP contribution in [0.3, 0.4) is 0 Å². The molecule has 0 aliphatic heterocycles. The van der Waals surface area contributed by atoms with Crippen LogP contribution in [0.1, 0.15) is 21.9 Å². The van der Waals surface area contributed by atoms with E-state index in [0.717, 1.165) is 5.56 Å². The Hall–Kier alpha value is -1.81. The second-order valence-corrected chi connectivity index (χ2v) is 4.18. The van der Waals surface area contributed by atoms with Crippen LogP contribution in [0.2, 0.25) is 0 Å². The van der Waals surface area contributed by atoms with Gasteiger partial charge in [0.1, 0.15) is 5.76 Å². The van der Waals surface area contributed by atoms with Crippen molar-refractivity contribution in [2.24, 2.45) is 0 Å². The van der Waals surface area contributed by atoms with Crippen molar-refractivity contribution in [2.45, 2.75) is 12.4 Å².